The molecule has 0 spiro atoms. The summed E-state index contributed by atoms with van der Waals surface area (Å²) in [5.74, 6) is -1.09. The van der Waals surface area contributed by atoms with Crippen LogP contribution in [0.5, 0.6) is 0 Å². The third-order valence-corrected chi connectivity index (χ3v) is 4.87. The first-order chi connectivity index (χ1) is 10.8. The predicted octanol–water partition coefficient (Wildman–Crippen LogP) is 4.40. The molecule has 0 bridgehead atoms. The van der Waals surface area contributed by atoms with Crippen molar-refractivity contribution in [2.45, 2.75) is 68.6 Å². The van der Waals surface area contributed by atoms with E-state index in [1.54, 1.807) is 6.92 Å². The Balaban J connectivity index is 2.69. The Morgan fingerprint density at radius 2 is 1.83 bits per heavy atom. The summed E-state index contributed by atoms with van der Waals surface area (Å²) in [5.41, 5.74) is 0. The van der Waals surface area contributed by atoms with Gasteiger partial charge in [0.1, 0.15) is 0 Å². The van der Waals surface area contributed by atoms with Crippen molar-refractivity contribution in [2.24, 2.45) is 11.8 Å². The molecule has 4 nitrogen and oxygen atoms in total. The lowest BCUT2D eigenvalue weighted by atomic mass is 9.89. The molecule has 1 saturated carbocycles. The molecule has 1 aliphatic carbocycles. The van der Waals surface area contributed by atoms with Crippen molar-refractivity contribution in [2.75, 3.05) is 6.61 Å². The summed E-state index contributed by atoms with van der Waals surface area (Å²) in [5, 5.41) is 2.70. The van der Waals surface area contributed by atoms with Gasteiger partial charge in [-0.3, -0.25) is 9.59 Å². The molecule has 134 valence electrons. The number of amides is 1. The highest BCUT2D eigenvalue weighted by atomic mass is 35.6. The van der Waals surface area contributed by atoms with Gasteiger partial charge in [-0.1, -0.05) is 67.4 Å². The standard InChI is InChI=1S/C16H26Cl3NO3/c1-3-5-6-7-8-11-9-10-12(13(11)14(21)23-4-2)20-15(22)16(17,18)19/h11-13H,3-10H2,1-2H3,(H,20,22). The van der Waals surface area contributed by atoms with Crippen LogP contribution in [-0.4, -0.2) is 28.3 Å². The molecule has 3 unspecified atom stereocenters. The Hall–Kier alpha value is -0.190. The fourth-order valence-electron chi connectivity index (χ4n) is 3.25. The lowest BCUT2D eigenvalue weighted by Gasteiger charge is -2.25. The van der Waals surface area contributed by atoms with Gasteiger partial charge in [-0.05, 0) is 32.1 Å². The molecule has 0 radical (unpaired) electrons. The van der Waals surface area contributed by atoms with E-state index in [0.717, 1.165) is 25.7 Å². The Bertz CT molecular complexity index is 399. The molecule has 1 rings (SSSR count). The van der Waals surface area contributed by atoms with Gasteiger partial charge in [0.05, 0.1) is 12.5 Å². The topological polar surface area (TPSA) is 55.4 Å². The Morgan fingerprint density at radius 1 is 1.13 bits per heavy atom. The number of ether oxygens (including phenoxy) is 1. The zero-order valence-corrected chi connectivity index (χ0v) is 16.0. The lowest BCUT2D eigenvalue weighted by molar-refractivity contribution is -0.150. The third kappa shape index (κ3) is 6.67. The molecule has 0 saturated heterocycles. The van der Waals surface area contributed by atoms with Crippen LogP contribution in [0.2, 0.25) is 0 Å². The number of hydrogen-bond donors (Lipinski definition) is 1. The second kappa shape index (κ2) is 9.95. The number of carbonyl (C=O) groups is 2. The number of nitrogens with one attached hydrogen (secondary N) is 1. The minimum absolute atomic E-state index is 0.214. The largest absolute Gasteiger partial charge is 0.466 e. The van der Waals surface area contributed by atoms with Gasteiger partial charge in [0.15, 0.2) is 0 Å². The van der Waals surface area contributed by atoms with Crippen LogP contribution in [0.15, 0.2) is 0 Å². The smallest absolute Gasteiger partial charge is 0.311 e. The van der Waals surface area contributed by atoms with Crippen LogP contribution >= 0.6 is 34.8 Å². The van der Waals surface area contributed by atoms with E-state index in [-0.39, 0.29) is 23.8 Å². The van der Waals surface area contributed by atoms with Crippen LogP contribution < -0.4 is 5.32 Å². The fourth-order valence-corrected chi connectivity index (χ4v) is 3.41. The van der Waals surface area contributed by atoms with Crippen LogP contribution in [0, 0.1) is 11.8 Å². The van der Waals surface area contributed by atoms with Crippen molar-refractivity contribution in [3.63, 3.8) is 0 Å². The molecule has 0 aromatic carbocycles. The predicted molar refractivity (Wildman–Crippen MR) is 93.8 cm³/mol. The second-order valence-corrected chi connectivity index (χ2v) is 8.32. The van der Waals surface area contributed by atoms with Gasteiger partial charge in [0.2, 0.25) is 0 Å². The zero-order chi connectivity index (χ0) is 17.5. The van der Waals surface area contributed by atoms with E-state index in [0.29, 0.717) is 13.0 Å². The Morgan fingerprint density at radius 3 is 2.39 bits per heavy atom. The molecule has 0 aromatic rings. The molecular weight excluding hydrogens is 361 g/mol. The molecule has 7 heteroatoms. The van der Waals surface area contributed by atoms with Gasteiger partial charge < -0.3 is 10.1 Å². The van der Waals surface area contributed by atoms with E-state index >= 15 is 0 Å². The van der Waals surface area contributed by atoms with Crippen LogP contribution in [0.25, 0.3) is 0 Å². The summed E-state index contributed by atoms with van der Waals surface area (Å²) < 4.78 is 3.18. The quantitative estimate of drug-likeness (QED) is 0.382. The number of esters is 1. The lowest BCUT2D eigenvalue weighted by Crippen LogP contribution is -2.46. The third-order valence-electron chi connectivity index (χ3n) is 4.35. The van der Waals surface area contributed by atoms with Crippen molar-refractivity contribution < 1.29 is 14.3 Å². The number of hydrogen-bond acceptors (Lipinski definition) is 3. The van der Waals surface area contributed by atoms with E-state index in [1.165, 1.54) is 12.8 Å². The molecule has 1 N–H and O–H groups in total. The van der Waals surface area contributed by atoms with Crippen LogP contribution in [0.1, 0.15) is 58.8 Å². The number of carbonyl (C=O) groups excluding carboxylic acids is 2. The van der Waals surface area contributed by atoms with Gasteiger partial charge in [-0.25, -0.2) is 0 Å². The van der Waals surface area contributed by atoms with E-state index in [2.05, 4.69) is 12.2 Å². The van der Waals surface area contributed by atoms with Crippen LogP contribution in [0.4, 0.5) is 0 Å². The van der Waals surface area contributed by atoms with Crippen molar-refractivity contribution in [3.8, 4) is 0 Å². The van der Waals surface area contributed by atoms with E-state index in [1.807, 2.05) is 0 Å². The summed E-state index contributed by atoms with van der Waals surface area (Å²) in [4.78, 5) is 24.2. The summed E-state index contributed by atoms with van der Waals surface area (Å²) in [6.45, 7) is 4.26. The first-order valence-corrected chi connectivity index (χ1v) is 9.48. The highest BCUT2D eigenvalue weighted by Gasteiger charge is 2.44. The highest BCUT2D eigenvalue weighted by Crippen LogP contribution is 2.37. The number of halogens is 3. The molecule has 3 atom stereocenters. The minimum Gasteiger partial charge on any atom is -0.466 e. The maximum absolute atomic E-state index is 12.3. The Labute approximate surface area is 153 Å². The van der Waals surface area contributed by atoms with Gasteiger partial charge in [-0.15, -0.1) is 0 Å². The summed E-state index contributed by atoms with van der Waals surface area (Å²) in [6.07, 6.45) is 7.16. The van der Waals surface area contributed by atoms with Crippen molar-refractivity contribution in [3.05, 3.63) is 0 Å². The molecule has 1 amide bonds. The molecule has 23 heavy (non-hydrogen) atoms. The molecule has 0 aromatic heterocycles. The van der Waals surface area contributed by atoms with E-state index < -0.39 is 9.70 Å². The highest BCUT2D eigenvalue weighted by molar-refractivity contribution is 6.76. The monoisotopic (exact) mass is 385 g/mol. The molecule has 1 fully saturated rings. The maximum Gasteiger partial charge on any atom is 0.311 e. The normalized spacial score (nSPS) is 24.5. The molecule has 0 heterocycles. The van der Waals surface area contributed by atoms with E-state index in [9.17, 15) is 9.59 Å². The minimum atomic E-state index is -2.02. The SMILES string of the molecule is CCCCCCC1CCC(NC(=O)C(Cl)(Cl)Cl)C1C(=O)OCC. The zero-order valence-electron chi connectivity index (χ0n) is 13.7. The molecule has 0 aliphatic heterocycles. The summed E-state index contributed by atoms with van der Waals surface area (Å²) >= 11 is 16.8. The van der Waals surface area contributed by atoms with Gasteiger partial charge in [0, 0.05) is 6.04 Å². The number of rotatable bonds is 8. The number of alkyl halides is 3. The van der Waals surface area contributed by atoms with Crippen LogP contribution in [-0.2, 0) is 14.3 Å². The average molecular weight is 387 g/mol. The average Bonchev–Trinajstić information content (AvgIpc) is 2.85. The van der Waals surface area contributed by atoms with Crippen molar-refractivity contribution in [1.82, 2.24) is 5.32 Å². The number of unbranched alkanes of at least 4 members (excludes halogenated alkanes) is 3. The summed E-state index contributed by atoms with van der Waals surface area (Å²) in [6, 6.07) is -0.326. The fraction of sp³-hybridized carbons (Fsp3) is 0.875. The van der Waals surface area contributed by atoms with Crippen molar-refractivity contribution >= 4 is 46.7 Å². The summed E-state index contributed by atoms with van der Waals surface area (Å²) in [7, 11) is 0. The Kier molecular flexibility index (Phi) is 9.02. The van der Waals surface area contributed by atoms with Crippen LogP contribution in [0.3, 0.4) is 0 Å². The first-order valence-electron chi connectivity index (χ1n) is 8.35. The maximum atomic E-state index is 12.3. The molecular formula is C16H26Cl3NO3. The molecule has 1 aliphatic rings. The van der Waals surface area contributed by atoms with Gasteiger partial charge >= 0.3 is 5.97 Å². The van der Waals surface area contributed by atoms with Crippen molar-refractivity contribution in [1.29, 1.82) is 0 Å². The van der Waals surface area contributed by atoms with Gasteiger partial charge in [0.25, 0.3) is 9.70 Å². The van der Waals surface area contributed by atoms with Gasteiger partial charge in [-0.2, -0.15) is 0 Å². The van der Waals surface area contributed by atoms with E-state index in [4.69, 9.17) is 39.5 Å². The second-order valence-electron chi connectivity index (χ2n) is 6.04. The first kappa shape index (κ1) is 20.9.